The van der Waals surface area contributed by atoms with Crippen LogP contribution in [0.3, 0.4) is 0 Å². The molecule has 0 radical (unpaired) electrons. The summed E-state index contributed by atoms with van der Waals surface area (Å²) in [5.41, 5.74) is 7.41. The number of hydrogen-bond acceptors (Lipinski definition) is 6. The van der Waals surface area contributed by atoms with Gasteiger partial charge in [0.1, 0.15) is 0 Å². The first-order valence-electron chi connectivity index (χ1n) is 7.18. The molecule has 0 amide bonds. The summed E-state index contributed by atoms with van der Waals surface area (Å²) in [6, 6.07) is 1.78. The molecule has 4 rings (SSSR count). The summed E-state index contributed by atoms with van der Waals surface area (Å²) in [5.74, 6) is 0.808. The van der Waals surface area contributed by atoms with Gasteiger partial charge in [-0.2, -0.15) is 4.98 Å². The minimum Gasteiger partial charge on any atom is -0.334 e. The van der Waals surface area contributed by atoms with Crippen molar-refractivity contribution in [3.05, 3.63) is 27.9 Å². The molecule has 0 aromatic carbocycles. The van der Waals surface area contributed by atoms with E-state index in [-0.39, 0.29) is 5.56 Å². The van der Waals surface area contributed by atoms with Gasteiger partial charge in [0.2, 0.25) is 0 Å². The summed E-state index contributed by atoms with van der Waals surface area (Å²) >= 11 is 0. The van der Waals surface area contributed by atoms with Gasteiger partial charge in [-0.3, -0.25) is 14.6 Å². The van der Waals surface area contributed by atoms with Crippen LogP contribution >= 0.6 is 0 Å². The molecule has 1 saturated carbocycles. The molecular formula is C14H16N6O2. The van der Waals surface area contributed by atoms with Crippen LogP contribution < -0.4 is 11.3 Å². The largest absolute Gasteiger partial charge is 0.334 e. The second-order valence-corrected chi connectivity index (χ2v) is 5.94. The van der Waals surface area contributed by atoms with Crippen LogP contribution in [0.4, 0.5) is 0 Å². The zero-order valence-corrected chi connectivity index (χ0v) is 12.4. The van der Waals surface area contributed by atoms with Gasteiger partial charge in [0.15, 0.2) is 11.5 Å². The van der Waals surface area contributed by atoms with Crippen LogP contribution in [0.25, 0.3) is 22.5 Å². The van der Waals surface area contributed by atoms with E-state index in [1.165, 1.54) is 0 Å². The van der Waals surface area contributed by atoms with Crippen molar-refractivity contribution in [1.82, 2.24) is 24.9 Å². The summed E-state index contributed by atoms with van der Waals surface area (Å²) in [6.45, 7) is 1.86. The monoisotopic (exact) mass is 300 g/mol. The Bertz CT molecular complexity index is 931. The van der Waals surface area contributed by atoms with Crippen molar-refractivity contribution in [3.63, 3.8) is 0 Å². The Labute approximate surface area is 125 Å². The quantitative estimate of drug-likeness (QED) is 0.728. The van der Waals surface area contributed by atoms with Crippen molar-refractivity contribution in [1.29, 1.82) is 0 Å². The molecule has 114 valence electrons. The molecule has 8 heteroatoms. The standard InChI is InChI=1S/C14H16N6O2/c1-7-6-8(9-10(16-7)20(2)18-11(9)21)12-17-13(19-22-12)14(15)4-3-5-14/h6H,3-5,15H2,1-2H3,(H,18,21). The highest BCUT2D eigenvalue weighted by Gasteiger charge is 2.39. The highest BCUT2D eigenvalue weighted by atomic mass is 16.5. The Balaban J connectivity index is 1.93. The SMILES string of the molecule is Cc1cc(-c2nc(C3(N)CCC3)no2)c2c(=O)[nH]n(C)c2n1. The molecule has 3 N–H and O–H groups in total. The zero-order chi connectivity index (χ0) is 15.5. The van der Waals surface area contributed by atoms with Crippen molar-refractivity contribution in [2.24, 2.45) is 12.8 Å². The first-order chi connectivity index (χ1) is 10.5. The van der Waals surface area contributed by atoms with E-state index in [9.17, 15) is 4.79 Å². The third-order valence-corrected chi connectivity index (χ3v) is 4.29. The first-order valence-corrected chi connectivity index (χ1v) is 7.18. The second kappa shape index (κ2) is 4.26. The molecule has 1 fully saturated rings. The van der Waals surface area contributed by atoms with Crippen molar-refractivity contribution in [2.75, 3.05) is 0 Å². The maximum atomic E-state index is 12.1. The fraction of sp³-hybridized carbons (Fsp3) is 0.429. The lowest BCUT2D eigenvalue weighted by Crippen LogP contribution is -2.44. The van der Waals surface area contributed by atoms with E-state index in [0.717, 1.165) is 25.0 Å². The summed E-state index contributed by atoms with van der Waals surface area (Å²) in [6.07, 6.45) is 2.77. The van der Waals surface area contributed by atoms with E-state index in [1.807, 2.05) is 6.92 Å². The highest BCUT2D eigenvalue weighted by molar-refractivity contribution is 5.90. The molecule has 0 spiro atoms. The van der Waals surface area contributed by atoms with Gasteiger partial charge >= 0.3 is 0 Å². The van der Waals surface area contributed by atoms with Crippen molar-refractivity contribution in [3.8, 4) is 11.5 Å². The van der Waals surface area contributed by atoms with E-state index in [2.05, 4.69) is 20.2 Å². The number of aromatic nitrogens is 5. The second-order valence-electron chi connectivity index (χ2n) is 5.94. The summed E-state index contributed by atoms with van der Waals surface area (Å²) in [4.78, 5) is 21.0. The minimum absolute atomic E-state index is 0.231. The van der Waals surface area contributed by atoms with Gasteiger partial charge in [-0.15, -0.1) is 0 Å². The number of nitrogens with one attached hydrogen (secondary N) is 1. The number of hydrogen-bond donors (Lipinski definition) is 2. The minimum atomic E-state index is -0.494. The Morgan fingerprint density at radius 2 is 2.18 bits per heavy atom. The topological polar surface area (TPSA) is 116 Å². The number of nitrogens with two attached hydrogens (primary N) is 1. The van der Waals surface area contributed by atoms with E-state index in [0.29, 0.717) is 28.3 Å². The molecule has 8 nitrogen and oxygen atoms in total. The Morgan fingerprint density at radius 3 is 2.86 bits per heavy atom. The van der Waals surface area contributed by atoms with E-state index < -0.39 is 5.54 Å². The van der Waals surface area contributed by atoms with Gasteiger partial charge in [-0.25, -0.2) is 4.98 Å². The third kappa shape index (κ3) is 1.73. The molecule has 3 aromatic heterocycles. The average Bonchev–Trinajstić information content (AvgIpc) is 3.02. The molecule has 0 saturated heterocycles. The summed E-state index contributed by atoms with van der Waals surface area (Å²) in [5, 5.41) is 7.15. The zero-order valence-electron chi connectivity index (χ0n) is 12.4. The smallest absolute Gasteiger partial charge is 0.274 e. The molecular weight excluding hydrogens is 284 g/mol. The Kier molecular flexibility index (Phi) is 2.56. The number of nitrogens with zero attached hydrogens (tertiary/aromatic N) is 4. The van der Waals surface area contributed by atoms with Crippen LogP contribution in [0.2, 0.25) is 0 Å². The number of pyridine rings is 1. The molecule has 0 aliphatic heterocycles. The fourth-order valence-corrected chi connectivity index (χ4v) is 2.87. The predicted octanol–water partition coefficient (Wildman–Crippen LogP) is 0.958. The summed E-state index contributed by atoms with van der Waals surface area (Å²) < 4.78 is 6.95. The molecule has 1 aliphatic carbocycles. The maximum Gasteiger partial charge on any atom is 0.274 e. The van der Waals surface area contributed by atoms with E-state index in [4.69, 9.17) is 10.3 Å². The van der Waals surface area contributed by atoms with Gasteiger partial charge in [0, 0.05) is 12.7 Å². The lowest BCUT2D eigenvalue weighted by atomic mass is 9.77. The fourth-order valence-electron chi connectivity index (χ4n) is 2.87. The Hall–Kier alpha value is -2.48. The molecule has 22 heavy (non-hydrogen) atoms. The number of H-pyrrole nitrogens is 1. The molecule has 1 aliphatic rings. The highest BCUT2D eigenvalue weighted by Crippen LogP contribution is 2.38. The van der Waals surface area contributed by atoms with Crippen molar-refractivity contribution < 1.29 is 4.52 Å². The van der Waals surface area contributed by atoms with Gasteiger partial charge in [0.25, 0.3) is 11.4 Å². The van der Waals surface area contributed by atoms with Crippen LogP contribution in [0, 0.1) is 6.92 Å². The molecule has 0 unspecified atom stereocenters. The van der Waals surface area contributed by atoms with Crippen LogP contribution in [-0.4, -0.2) is 24.9 Å². The normalized spacial score (nSPS) is 16.9. The van der Waals surface area contributed by atoms with Crippen LogP contribution in [0.5, 0.6) is 0 Å². The van der Waals surface area contributed by atoms with Gasteiger partial charge in [-0.1, -0.05) is 5.16 Å². The van der Waals surface area contributed by atoms with Gasteiger partial charge in [-0.05, 0) is 32.3 Å². The van der Waals surface area contributed by atoms with Crippen LogP contribution in [-0.2, 0) is 12.6 Å². The van der Waals surface area contributed by atoms with Crippen LogP contribution in [0.15, 0.2) is 15.4 Å². The maximum absolute atomic E-state index is 12.1. The number of aryl methyl sites for hydroxylation is 2. The lowest BCUT2D eigenvalue weighted by molar-refractivity contribution is 0.229. The first kappa shape index (κ1) is 13.2. The number of rotatable bonds is 2. The van der Waals surface area contributed by atoms with E-state index in [1.54, 1.807) is 17.8 Å². The van der Waals surface area contributed by atoms with Gasteiger partial charge in [0.05, 0.1) is 16.5 Å². The van der Waals surface area contributed by atoms with Crippen molar-refractivity contribution >= 4 is 11.0 Å². The average molecular weight is 300 g/mol. The van der Waals surface area contributed by atoms with Crippen LogP contribution in [0.1, 0.15) is 30.8 Å². The molecule has 3 heterocycles. The lowest BCUT2D eigenvalue weighted by Gasteiger charge is -2.34. The van der Waals surface area contributed by atoms with Gasteiger partial charge < -0.3 is 10.3 Å². The third-order valence-electron chi connectivity index (χ3n) is 4.29. The molecule has 0 atom stereocenters. The molecule has 0 bridgehead atoms. The Morgan fingerprint density at radius 1 is 1.41 bits per heavy atom. The van der Waals surface area contributed by atoms with E-state index >= 15 is 0 Å². The number of aromatic amines is 1. The predicted molar refractivity (Wildman–Crippen MR) is 79.1 cm³/mol. The van der Waals surface area contributed by atoms with Crippen molar-refractivity contribution in [2.45, 2.75) is 31.7 Å². The number of fused-ring (bicyclic) bond motifs is 1. The summed E-state index contributed by atoms with van der Waals surface area (Å²) in [7, 11) is 1.74. The molecule has 3 aromatic rings.